The quantitative estimate of drug-likeness (QED) is 0.692. The zero-order valence-electron chi connectivity index (χ0n) is 10.3. The normalized spacial score (nSPS) is 11.3. The summed E-state index contributed by atoms with van der Waals surface area (Å²) in [4.78, 5) is 10.8. The second-order valence-electron chi connectivity index (χ2n) is 3.74. The zero-order chi connectivity index (χ0) is 14.5. The van der Waals surface area contributed by atoms with Gasteiger partial charge in [-0.15, -0.1) is 0 Å². The van der Waals surface area contributed by atoms with E-state index in [1.54, 1.807) is 13.0 Å². The van der Waals surface area contributed by atoms with Crippen molar-refractivity contribution in [3.8, 4) is 0 Å². The molecule has 0 saturated carbocycles. The summed E-state index contributed by atoms with van der Waals surface area (Å²) in [6, 6.07) is 4.51. The van der Waals surface area contributed by atoms with Crippen LogP contribution in [-0.4, -0.2) is 38.3 Å². The molecule has 0 aliphatic heterocycles. The van der Waals surface area contributed by atoms with E-state index in [2.05, 4.69) is 26.0 Å². The van der Waals surface area contributed by atoms with E-state index in [4.69, 9.17) is 5.11 Å². The molecule has 19 heavy (non-hydrogen) atoms. The van der Waals surface area contributed by atoms with Crippen molar-refractivity contribution >= 4 is 37.6 Å². The van der Waals surface area contributed by atoms with Crippen molar-refractivity contribution in [2.75, 3.05) is 24.2 Å². The van der Waals surface area contributed by atoms with Crippen LogP contribution < -0.4 is 10.0 Å². The van der Waals surface area contributed by atoms with Crippen molar-refractivity contribution in [2.24, 2.45) is 0 Å². The molecule has 0 atom stereocenters. The third-order valence-corrected chi connectivity index (χ3v) is 4.39. The summed E-state index contributed by atoms with van der Waals surface area (Å²) in [7, 11) is -3.26. The molecule has 0 aromatic heterocycles. The first-order valence-corrected chi connectivity index (χ1v) is 8.04. The van der Waals surface area contributed by atoms with Crippen molar-refractivity contribution in [1.29, 1.82) is 0 Å². The lowest BCUT2D eigenvalue weighted by Crippen LogP contribution is -2.29. The molecule has 1 aromatic carbocycles. The fourth-order valence-corrected chi connectivity index (χ4v) is 2.88. The first kappa shape index (κ1) is 15.9. The molecular weight excluding hydrogens is 336 g/mol. The van der Waals surface area contributed by atoms with E-state index in [0.29, 0.717) is 16.7 Å². The van der Waals surface area contributed by atoms with Crippen molar-refractivity contribution in [3.05, 3.63) is 28.2 Å². The second kappa shape index (κ2) is 6.88. The third kappa shape index (κ3) is 5.17. The highest BCUT2D eigenvalue weighted by atomic mass is 79.9. The Bertz CT molecular complexity index is 560. The SMILES string of the molecule is CCNS(=O)(=O)CCNc1ccc(C(=O)O)cc1Br. The Hall–Kier alpha value is -1.12. The number of hydrogen-bond acceptors (Lipinski definition) is 4. The number of aromatic carboxylic acids is 1. The molecule has 3 N–H and O–H groups in total. The molecule has 0 spiro atoms. The molecule has 6 nitrogen and oxygen atoms in total. The molecule has 106 valence electrons. The number of carbonyl (C=O) groups is 1. The number of carboxylic acid groups (broad SMARTS) is 1. The third-order valence-electron chi connectivity index (χ3n) is 2.27. The molecule has 0 fully saturated rings. The Morgan fingerprint density at radius 3 is 2.63 bits per heavy atom. The molecule has 0 unspecified atom stereocenters. The Morgan fingerprint density at radius 2 is 2.11 bits per heavy atom. The van der Waals surface area contributed by atoms with E-state index in [1.165, 1.54) is 12.1 Å². The number of anilines is 1. The lowest BCUT2D eigenvalue weighted by atomic mass is 10.2. The standard InChI is InChI=1S/C11H15BrN2O4S/c1-2-14-19(17,18)6-5-13-10-4-3-8(11(15)16)7-9(10)12/h3-4,7,13-14H,2,5-6H2,1H3,(H,15,16). The minimum atomic E-state index is -3.26. The monoisotopic (exact) mass is 350 g/mol. The Morgan fingerprint density at radius 1 is 1.42 bits per heavy atom. The number of rotatable bonds is 7. The fourth-order valence-electron chi connectivity index (χ4n) is 1.40. The van der Waals surface area contributed by atoms with Crippen LogP contribution >= 0.6 is 15.9 Å². The first-order valence-electron chi connectivity index (χ1n) is 5.60. The predicted octanol–water partition coefficient (Wildman–Crippen LogP) is 1.50. The highest BCUT2D eigenvalue weighted by Crippen LogP contribution is 2.23. The van der Waals surface area contributed by atoms with Crippen LogP contribution in [-0.2, 0) is 10.0 Å². The number of carboxylic acids is 1. The molecule has 0 amide bonds. The number of benzene rings is 1. The van der Waals surface area contributed by atoms with Crippen LogP contribution in [0.2, 0.25) is 0 Å². The summed E-state index contributed by atoms with van der Waals surface area (Å²) in [6.07, 6.45) is 0. The van der Waals surface area contributed by atoms with Gasteiger partial charge in [-0.05, 0) is 34.1 Å². The van der Waals surface area contributed by atoms with E-state index in [-0.39, 0.29) is 17.9 Å². The maximum atomic E-state index is 11.4. The van der Waals surface area contributed by atoms with Crippen molar-refractivity contribution in [1.82, 2.24) is 4.72 Å². The van der Waals surface area contributed by atoms with E-state index >= 15 is 0 Å². The van der Waals surface area contributed by atoms with Gasteiger partial charge in [0.15, 0.2) is 0 Å². The summed E-state index contributed by atoms with van der Waals surface area (Å²) < 4.78 is 25.8. The number of halogens is 1. The Kier molecular flexibility index (Phi) is 5.77. The maximum absolute atomic E-state index is 11.4. The van der Waals surface area contributed by atoms with Crippen molar-refractivity contribution in [3.63, 3.8) is 0 Å². The van der Waals surface area contributed by atoms with Crippen LogP contribution in [0.4, 0.5) is 5.69 Å². The van der Waals surface area contributed by atoms with Crippen LogP contribution in [0.5, 0.6) is 0 Å². The minimum absolute atomic E-state index is 0.0477. The minimum Gasteiger partial charge on any atom is -0.478 e. The van der Waals surface area contributed by atoms with Gasteiger partial charge in [-0.3, -0.25) is 0 Å². The average molecular weight is 351 g/mol. The molecule has 1 aromatic rings. The zero-order valence-corrected chi connectivity index (χ0v) is 12.7. The Labute approximate surface area is 120 Å². The number of hydrogen-bond donors (Lipinski definition) is 3. The summed E-state index contributed by atoms with van der Waals surface area (Å²) in [5.41, 5.74) is 0.814. The number of sulfonamides is 1. The average Bonchev–Trinajstić information content (AvgIpc) is 2.30. The van der Waals surface area contributed by atoms with Gasteiger partial charge in [0.2, 0.25) is 10.0 Å². The molecule has 0 aliphatic carbocycles. The van der Waals surface area contributed by atoms with Gasteiger partial charge in [-0.25, -0.2) is 17.9 Å². The van der Waals surface area contributed by atoms with Gasteiger partial charge in [-0.1, -0.05) is 6.92 Å². The molecule has 0 bridgehead atoms. The molecule has 0 heterocycles. The molecule has 0 saturated heterocycles. The van der Waals surface area contributed by atoms with E-state index in [0.717, 1.165) is 0 Å². The molecular formula is C11H15BrN2O4S. The van der Waals surface area contributed by atoms with E-state index < -0.39 is 16.0 Å². The summed E-state index contributed by atoms with van der Waals surface area (Å²) in [5, 5.41) is 11.7. The molecule has 8 heteroatoms. The highest BCUT2D eigenvalue weighted by molar-refractivity contribution is 9.10. The number of nitrogens with one attached hydrogen (secondary N) is 2. The second-order valence-corrected chi connectivity index (χ2v) is 6.52. The van der Waals surface area contributed by atoms with Gasteiger partial charge < -0.3 is 10.4 Å². The summed E-state index contributed by atoms with van der Waals surface area (Å²) in [5.74, 6) is -1.06. The lowest BCUT2D eigenvalue weighted by Gasteiger charge is -2.09. The molecule has 0 radical (unpaired) electrons. The summed E-state index contributed by atoms with van der Waals surface area (Å²) in [6.45, 7) is 2.31. The van der Waals surface area contributed by atoms with Gasteiger partial charge in [0, 0.05) is 23.2 Å². The van der Waals surface area contributed by atoms with Crippen LogP contribution in [0.3, 0.4) is 0 Å². The van der Waals surface area contributed by atoms with Crippen molar-refractivity contribution < 1.29 is 18.3 Å². The van der Waals surface area contributed by atoms with E-state index in [1.807, 2.05) is 0 Å². The maximum Gasteiger partial charge on any atom is 0.335 e. The predicted molar refractivity (Wildman–Crippen MR) is 77.1 cm³/mol. The van der Waals surface area contributed by atoms with Crippen LogP contribution in [0.25, 0.3) is 0 Å². The first-order chi connectivity index (χ1) is 8.85. The van der Waals surface area contributed by atoms with Crippen molar-refractivity contribution in [2.45, 2.75) is 6.92 Å². The lowest BCUT2D eigenvalue weighted by molar-refractivity contribution is 0.0697. The van der Waals surface area contributed by atoms with Crippen LogP contribution in [0.1, 0.15) is 17.3 Å². The largest absolute Gasteiger partial charge is 0.478 e. The smallest absolute Gasteiger partial charge is 0.335 e. The fraction of sp³-hybridized carbons (Fsp3) is 0.364. The van der Waals surface area contributed by atoms with Crippen LogP contribution in [0.15, 0.2) is 22.7 Å². The van der Waals surface area contributed by atoms with Gasteiger partial charge in [0.1, 0.15) is 0 Å². The van der Waals surface area contributed by atoms with Gasteiger partial charge >= 0.3 is 5.97 Å². The van der Waals surface area contributed by atoms with Gasteiger partial charge in [-0.2, -0.15) is 0 Å². The van der Waals surface area contributed by atoms with Gasteiger partial charge in [0.05, 0.1) is 11.3 Å². The highest BCUT2D eigenvalue weighted by Gasteiger charge is 2.09. The Balaban J connectivity index is 2.62. The topological polar surface area (TPSA) is 95.5 Å². The molecule has 0 aliphatic rings. The van der Waals surface area contributed by atoms with Gasteiger partial charge in [0.25, 0.3) is 0 Å². The van der Waals surface area contributed by atoms with Crippen LogP contribution in [0, 0.1) is 0 Å². The molecule has 1 rings (SSSR count). The summed E-state index contributed by atoms with van der Waals surface area (Å²) >= 11 is 3.24. The van der Waals surface area contributed by atoms with E-state index in [9.17, 15) is 13.2 Å².